The summed E-state index contributed by atoms with van der Waals surface area (Å²) < 4.78 is 4.38. The number of halogens is 1. The van der Waals surface area contributed by atoms with E-state index < -0.39 is 0 Å². The molecule has 27 heavy (non-hydrogen) atoms. The molecule has 2 aliphatic rings. The number of carbonyl (C=O) groups is 1. The van der Waals surface area contributed by atoms with E-state index in [0.717, 1.165) is 68.9 Å². The minimum absolute atomic E-state index is 0. The van der Waals surface area contributed by atoms with Crippen LogP contribution in [0, 0.1) is 5.92 Å². The Morgan fingerprint density at radius 1 is 1.22 bits per heavy atom. The SMILES string of the molecule is CCNC(=NCCNC(=O)C1CC1)N1CCN(c2nc(CC)ns2)CC1.I. The van der Waals surface area contributed by atoms with Gasteiger partial charge in [-0.2, -0.15) is 4.37 Å². The molecule has 0 spiro atoms. The minimum atomic E-state index is 0. The molecule has 0 aromatic carbocycles. The largest absolute Gasteiger partial charge is 0.357 e. The van der Waals surface area contributed by atoms with Crippen LogP contribution in [-0.2, 0) is 11.2 Å². The summed E-state index contributed by atoms with van der Waals surface area (Å²) in [5.41, 5.74) is 0. The number of amides is 1. The maximum absolute atomic E-state index is 11.7. The molecule has 1 amide bonds. The maximum Gasteiger partial charge on any atom is 0.223 e. The predicted octanol–water partition coefficient (Wildman–Crippen LogP) is 1.33. The Hall–Kier alpha value is -1.17. The first-order valence-corrected chi connectivity index (χ1v) is 10.4. The van der Waals surface area contributed by atoms with Crippen molar-refractivity contribution in [3.8, 4) is 0 Å². The molecule has 2 fully saturated rings. The summed E-state index contributed by atoms with van der Waals surface area (Å²) in [4.78, 5) is 25.5. The highest BCUT2D eigenvalue weighted by Crippen LogP contribution is 2.28. The number of anilines is 1. The van der Waals surface area contributed by atoms with Crippen molar-refractivity contribution in [3.05, 3.63) is 5.82 Å². The molecule has 152 valence electrons. The third-order valence-corrected chi connectivity index (χ3v) is 5.39. The van der Waals surface area contributed by atoms with Gasteiger partial charge in [-0.1, -0.05) is 6.92 Å². The maximum atomic E-state index is 11.7. The van der Waals surface area contributed by atoms with Gasteiger partial charge in [0.1, 0.15) is 5.82 Å². The second-order valence-corrected chi connectivity index (χ2v) is 7.35. The van der Waals surface area contributed by atoms with Gasteiger partial charge in [-0.05, 0) is 19.8 Å². The average molecular weight is 507 g/mol. The third-order valence-electron chi connectivity index (χ3n) is 4.58. The highest BCUT2D eigenvalue weighted by molar-refractivity contribution is 14.0. The van der Waals surface area contributed by atoms with Crippen molar-refractivity contribution < 1.29 is 4.79 Å². The fraction of sp³-hybridized carbons (Fsp3) is 0.765. The summed E-state index contributed by atoms with van der Waals surface area (Å²) in [5.74, 6) is 2.30. The number of piperazine rings is 1. The fourth-order valence-electron chi connectivity index (χ4n) is 2.88. The number of nitrogens with one attached hydrogen (secondary N) is 2. The second kappa shape index (κ2) is 11.0. The van der Waals surface area contributed by atoms with Gasteiger partial charge in [0, 0.05) is 63.1 Å². The number of rotatable bonds is 7. The number of aryl methyl sites for hydroxylation is 1. The van der Waals surface area contributed by atoms with Gasteiger partial charge < -0.3 is 20.4 Å². The summed E-state index contributed by atoms with van der Waals surface area (Å²) in [7, 11) is 0. The van der Waals surface area contributed by atoms with Crippen LogP contribution in [0.25, 0.3) is 0 Å². The average Bonchev–Trinajstić information content (AvgIpc) is 3.41. The van der Waals surface area contributed by atoms with Gasteiger partial charge in [-0.3, -0.25) is 9.79 Å². The highest BCUT2D eigenvalue weighted by atomic mass is 127. The Balaban J connectivity index is 0.00000261. The second-order valence-electron chi connectivity index (χ2n) is 6.62. The number of aromatic nitrogens is 2. The van der Waals surface area contributed by atoms with Crippen LogP contribution < -0.4 is 15.5 Å². The van der Waals surface area contributed by atoms with Crippen molar-refractivity contribution in [3.63, 3.8) is 0 Å². The molecule has 1 aliphatic carbocycles. The van der Waals surface area contributed by atoms with Crippen molar-refractivity contribution in [2.75, 3.05) is 50.7 Å². The zero-order valence-electron chi connectivity index (χ0n) is 16.1. The zero-order valence-corrected chi connectivity index (χ0v) is 19.3. The molecule has 1 aromatic heterocycles. The molecule has 0 bridgehead atoms. The number of carbonyl (C=O) groups excluding carboxylic acids is 1. The molecule has 1 saturated carbocycles. The monoisotopic (exact) mass is 507 g/mol. The molecule has 10 heteroatoms. The Bertz CT molecular complexity index is 627. The molecule has 3 rings (SSSR count). The first-order chi connectivity index (χ1) is 12.7. The van der Waals surface area contributed by atoms with E-state index >= 15 is 0 Å². The number of hydrogen-bond donors (Lipinski definition) is 2. The van der Waals surface area contributed by atoms with Crippen LogP contribution in [0.5, 0.6) is 0 Å². The van der Waals surface area contributed by atoms with Crippen LogP contribution in [0.2, 0.25) is 0 Å². The lowest BCUT2D eigenvalue weighted by atomic mass is 10.3. The summed E-state index contributed by atoms with van der Waals surface area (Å²) in [6, 6.07) is 0. The van der Waals surface area contributed by atoms with Crippen LogP contribution >= 0.6 is 35.5 Å². The van der Waals surface area contributed by atoms with Gasteiger partial charge in [0.15, 0.2) is 5.96 Å². The number of nitrogens with zero attached hydrogens (tertiary/aromatic N) is 5. The molecule has 1 aromatic rings. The number of hydrogen-bond acceptors (Lipinski definition) is 6. The van der Waals surface area contributed by atoms with Gasteiger partial charge >= 0.3 is 0 Å². The molecule has 8 nitrogen and oxygen atoms in total. The topological polar surface area (TPSA) is 85.8 Å². The quantitative estimate of drug-likeness (QED) is 0.251. The predicted molar refractivity (Wildman–Crippen MR) is 120 cm³/mol. The first kappa shape index (κ1) is 22.1. The van der Waals surface area contributed by atoms with E-state index in [1.807, 2.05) is 0 Å². The van der Waals surface area contributed by atoms with Crippen LogP contribution in [0.1, 0.15) is 32.5 Å². The van der Waals surface area contributed by atoms with Gasteiger partial charge in [-0.25, -0.2) is 4.98 Å². The first-order valence-electron chi connectivity index (χ1n) is 9.59. The van der Waals surface area contributed by atoms with Crippen LogP contribution in [0.4, 0.5) is 5.13 Å². The van der Waals surface area contributed by atoms with Crippen molar-refractivity contribution in [2.24, 2.45) is 10.9 Å². The lowest BCUT2D eigenvalue weighted by Gasteiger charge is -2.36. The summed E-state index contributed by atoms with van der Waals surface area (Å²) in [5, 5.41) is 7.35. The summed E-state index contributed by atoms with van der Waals surface area (Å²) in [6.45, 7) is 9.85. The van der Waals surface area contributed by atoms with Crippen molar-refractivity contribution in [2.45, 2.75) is 33.1 Å². The fourth-order valence-corrected chi connectivity index (χ4v) is 3.68. The molecule has 2 heterocycles. The Kier molecular flexibility index (Phi) is 9.00. The third kappa shape index (κ3) is 6.44. The minimum Gasteiger partial charge on any atom is -0.357 e. The molecular weight excluding hydrogens is 477 g/mol. The smallest absolute Gasteiger partial charge is 0.223 e. The lowest BCUT2D eigenvalue weighted by Crippen LogP contribution is -2.52. The Morgan fingerprint density at radius 2 is 1.96 bits per heavy atom. The van der Waals surface area contributed by atoms with Crippen LogP contribution in [-0.4, -0.2) is 71.9 Å². The van der Waals surface area contributed by atoms with E-state index in [-0.39, 0.29) is 35.8 Å². The van der Waals surface area contributed by atoms with E-state index in [2.05, 4.69) is 48.6 Å². The normalized spacial score (nSPS) is 17.5. The van der Waals surface area contributed by atoms with E-state index in [1.165, 1.54) is 11.5 Å². The molecule has 0 atom stereocenters. The van der Waals surface area contributed by atoms with E-state index in [0.29, 0.717) is 13.1 Å². The highest BCUT2D eigenvalue weighted by Gasteiger charge is 2.29. The lowest BCUT2D eigenvalue weighted by molar-refractivity contribution is -0.122. The summed E-state index contributed by atoms with van der Waals surface area (Å²) in [6.07, 6.45) is 2.96. The van der Waals surface area contributed by atoms with Crippen molar-refractivity contribution in [1.82, 2.24) is 24.9 Å². The van der Waals surface area contributed by atoms with E-state index in [1.54, 1.807) is 0 Å². The standard InChI is InChI=1S/C17H29N7OS.HI/c1-3-14-21-17(26-22-14)24-11-9-23(10-12-24)16(18-4-2)20-8-7-19-15(25)13-5-6-13;/h13H,3-12H2,1-2H3,(H,18,20)(H,19,25);1H. The van der Waals surface area contributed by atoms with E-state index in [9.17, 15) is 4.79 Å². The molecule has 1 saturated heterocycles. The number of guanidine groups is 1. The molecular formula is C17H30IN7OS. The molecule has 0 radical (unpaired) electrons. The van der Waals surface area contributed by atoms with Crippen LogP contribution in [0.15, 0.2) is 4.99 Å². The Morgan fingerprint density at radius 3 is 2.56 bits per heavy atom. The van der Waals surface area contributed by atoms with Crippen molar-refractivity contribution in [1.29, 1.82) is 0 Å². The van der Waals surface area contributed by atoms with Crippen LogP contribution in [0.3, 0.4) is 0 Å². The summed E-state index contributed by atoms with van der Waals surface area (Å²) >= 11 is 1.49. The molecule has 2 N–H and O–H groups in total. The zero-order chi connectivity index (χ0) is 18.4. The molecule has 1 aliphatic heterocycles. The van der Waals surface area contributed by atoms with Crippen molar-refractivity contribution >= 4 is 52.5 Å². The molecule has 0 unspecified atom stereocenters. The van der Waals surface area contributed by atoms with Gasteiger partial charge in [0.2, 0.25) is 11.0 Å². The van der Waals surface area contributed by atoms with E-state index in [4.69, 9.17) is 0 Å². The van der Waals surface area contributed by atoms with Gasteiger partial charge in [-0.15, -0.1) is 24.0 Å². The Labute approximate surface area is 182 Å². The van der Waals surface area contributed by atoms with Gasteiger partial charge in [0.05, 0.1) is 6.54 Å². The van der Waals surface area contributed by atoms with Gasteiger partial charge in [0.25, 0.3) is 0 Å². The number of aliphatic imine (C=N–C) groups is 1.